The first kappa shape index (κ1) is 12.9. The van der Waals surface area contributed by atoms with Gasteiger partial charge in [0, 0.05) is 25.1 Å². The molecule has 22 heavy (non-hydrogen) atoms. The fraction of sp³-hybridized carbons (Fsp3) is 0.176. The van der Waals surface area contributed by atoms with Crippen LogP contribution in [-0.2, 0) is 0 Å². The third-order valence-corrected chi connectivity index (χ3v) is 4.07. The van der Waals surface area contributed by atoms with Crippen LogP contribution in [0.1, 0.15) is 27.8 Å². The van der Waals surface area contributed by atoms with E-state index in [1.54, 1.807) is 11.9 Å². The zero-order valence-electron chi connectivity index (χ0n) is 12.4. The molecule has 1 aliphatic heterocycles. The quantitative estimate of drug-likeness (QED) is 0.750. The molecule has 1 atom stereocenters. The minimum Gasteiger partial charge on any atom is -0.359 e. The van der Waals surface area contributed by atoms with Crippen molar-refractivity contribution in [2.45, 2.75) is 13.1 Å². The van der Waals surface area contributed by atoms with E-state index in [9.17, 15) is 4.79 Å². The van der Waals surface area contributed by atoms with Gasteiger partial charge in [-0.25, -0.2) is 4.98 Å². The molecule has 5 heteroatoms. The van der Waals surface area contributed by atoms with Gasteiger partial charge in [0.2, 0.25) is 0 Å². The second kappa shape index (κ2) is 4.59. The lowest BCUT2D eigenvalue weighted by Gasteiger charge is -2.34. The summed E-state index contributed by atoms with van der Waals surface area (Å²) in [6, 6.07) is 11.7. The van der Waals surface area contributed by atoms with Gasteiger partial charge in [-0.3, -0.25) is 4.79 Å². The monoisotopic (exact) mass is 292 g/mol. The van der Waals surface area contributed by atoms with Crippen LogP contribution in [0.3, 0.4) is 0 Å². The maximum Gasteiger partial charge on any atom is 0.257 e. The summed E-state index contributed by atoms with van der Waals surface area (Å²) < 4.78 is 1.96. The van der Waals surface area contributed by atoms with Crippen LogP contribution in [0.4, 0.5) is 5.69 Å². The van der Waals surface area contributed by atoms with Crippen LogP contribution in [0.5, 0.6) is 0 Å². The van der Waals surface area contributed by atoms with Crippen LogP contribution in [-0.4, -0.2) is 27.2 Å². The van der Waals surface area contributed by atoms with Gasteiger partial charge in [0.15, 0.2) is 0 Å². The van der Waals surface area contributed by atoms with E-state index in [0.717, 1.165) is 22.6 Å². The normalized spacial score (nSPS) is 17.5. The number of fused-ring (bicyclic) bond motifs is 2. The Kier molecular flexibility index (Phi) is 2.69. The number of aromatic nitrogens is 2. The number of amides is 1. The van der Waals surface area contributed by atoms with Crippen molar-refractivity contribution in [1.82, 2.24) is 14.3 Å². The van der Waals surface area contributed by atoms with Crippen LogP contribution in [0.15, 0.2) is 48.8 Å². The Morgan fingerprint density at radius 2 is 2.09 bits per heavy atom. The van der Waals surface area contributed by atoms with Crippen LogP contribution >= 0.6 is 0 Å². The highest BCUT2D eigenvalue weighted by Gasteiger charge is 2.31. The third-order valence-electron chi connectivity index (χ3n) is 4.07. The maximum absolute atomic E-state index is 12.6. The molecule has 1 aliphatic rings. The van der Waals surface area contributed by atoms with Crippen LogP contribution in [0.25, 0.3) is 5.65 Å². The van der Waals surface area contributed by atoms with E-state index in [0.29, 0.717) is 5.56 Å². The smallest absolute Gasteiger partial charge is 0.257 e. The van der Waals surface area contributed by atoms with Crippen molar-refractivity contribution in [3.05, 3.63) is 65.6 Å². The lowest BCUT2D eigenvalue weighted by atomic mass is 10.0. The predicted molar refractivity (Wildman–Crippen MR) is 84.8 cm³/mol. The highest BCUT2D eigenvalue weighted by atomic mass is 16.2. The Morgan fingerprint density at radius 3 is 2.91 bits per heavy atom. The number of carbonyl (C=O) groups excluding carboxylic acids is 1. The van der Waals surface area contributed by atoms with Crippen LogP contribution < -0.4 is 5.32 Å². The molecular weight excluding hydrogens is 276 g/mol. The number of benzene rings is 1. The third kappa shape index (κ3) is 1.86. The molecule has 0 spiro atoms. The standard InChI is InChI=1S/C17H16N4O/c1-11-6-7-13-12(9-11)17(22)20(2)16(19-13)14-10-21-8-4-3-5-15(21)18-14/h3-10,16,19H,1-2H3. The zero-order valence-corrected chi connectivity index (χ0v) is 12.4. The lowest BCUT2D eigenvalue weighted by molar-refractivity contribution is 0.0733. The van der Waals surface area contributed by atoms with Crippen molar-refractivity contribution in [3.63, 3.8) is 0 Å². The topological polar surface area (TPSA) is 49.6 Å². The second-order valence-electron chi connectivity index (χ2n) is 5.64. The average molecular weight is 292 g/mol. The number of imidazole rings is 1. The van der Waals surface area contributed by atoms with Crippen molar-refractivity contribution in [2.24, 2.45) is 0 Å². The van der Waals surface area contributed by atoms with Crippen molar-refractivity contribution >= 4 is 17.2 Å². The first-order valence-electron chi connectivity index (χ1n) is 7.21. The first-order valence-corrected chi connectivity index (χ1v) is 7.21. The minimum absolute atomic E-state index is 0.0134. The van der Waals surface area contributed by atoms with Crippen LogP contribution in [0, 0.1) is 6.92 Å². The SMILES string of the molecule is Cc1ccc2c(c1)C(=O)N(C)C(c1cn3ccccc3n1)N2. The summed E-state index contributed by atoms with van der Waals surface area (Å²) in [5.41, 5.74) is 4.34. The fourth-order valence-corrected chi connectivity index (χ4v) is 2.87. The second-order valence-corrected chi connectivity index (χ2v) is 5.64. The molecule has 1 amide bonds. The number of nitrogens with zero attached hydrogens (tertiary/aromatic N) is 3. The summed E-state index contributed by atoms with van der Waals surface area (Å²) in [5.74, 6) is 0.0134. The molecule has 5 nitrogen and oxygen atoms in total. The fourth-order valence-electron chi connectivity index (χ4n) is 2.87. The summed E-state index contributed by atoms with van der Waals surface area (Å²) in [7, 11) is 1.80. The number of aryl methyl sites for hydroxylation is 1. The molecule has 1 aromatic carbocycles. The molecule has 110 valence electrons. The van der Waals surface area contributed by atoms with Gasteiger partial charge in [0.05, 0.1) is 5.56 Å². The number of carbonyl (C=O) groups is 1. The maximum atomic E-state index is 12.6. The van der Waals surface area contributed by atoms with E-state index in [4.69, 9.17) is 0 Å². The summed E-state index contributed by atoms with van der Waals surface area (Å²) in [6.07, 6.45) is 3.65. The van der Waals surface area contributed by atoms with Gasteiger partial charge in [0.25, 0.3) is 5.91 Å². The largest absolute Gasteiger partial charge is 0.359 e. The van der Waals surface area contributed by atoms with Crippen molar-refractivity contribution in [1.29, 1.82) is 0 Å². The Bertz CT molecular complexity index is 850. The van der Waals surface area contributed by atoms with Gasteiger partial charge >= 0.3 is 0 Å². The summed E-state index contributed by atoms with van der Waals surface area (Å²) in [5, 5.41) is 3.41. The molecule has 0 aliphatic carbocycles. The highest BCUT2D eigenvalue weighted by Crippen LogP contribution is 2.32. The Morgan fingerprint density at radius 1 is 1.23 bits per heavy atom. The number of rotatable bonds is 1. The number of nitrogens with one attached hydrogen (secondary N) is 1. The van der Waals surface area contributed by atoms with Gasteiger partial charge < -0.3 is 14.6 Å². The molecule has 3 heterocycles. The number of anilines is 1. The molecule has 1 unspecified atom stereocenters. The van der Waals surface area contributed by atoms with Crippen LogP contribution in [0.2, 0.25) is 0 Å². The lowest BCUT2D eigenvalue weighted by Crippen LogP contribution is -2.40. The molecule has 0 bridgehead atoms. The van der Waals surface area contributed by atoms with E-state index in [1.807, 2.05) is 60.1 Å². The Hall–Kier alpha value is -2.82. The Balaban J connectivity index is 1.79. The van der Waals surface area contributed by atoms with Gasteiger partial charge in [-0.2, -0.15) is 0 Å². The number of hydrogen-bond donors (Lipinski definition) is 1. The average Bonchev–Trinajstić information content (AvgIpc) is 2.95. The van der Waals surface area contributed by atoms with E-state index in [2.05, 4.69) is 10.3 Å². The molecule has 0 fully saturated rings. The van der Waals surface area contributed by atoms with Gasteiger partial charge in [-0.05, 0) is 31.2 Å². The molecule has 0 saturated heterocycles. The minimum atomic E-state index is -0.261. The zero-order chi connectivity index (χ0) is 15.3. The van der Waals surface area contributed by atoms with E-state index >= 15 is 0 Å². The van der Waals surface area contributed by atoms with Crippen molar-refractivity contribution in [2.75, 3.05) is 12.4 Å². The number of hydrogen-bond acceptors (Lipinski definition) is 3. The predicted octanol–water partition coefficient (Wildman–Crippen LogP) is 2.84. The molecule has 2 aromatic heterocycles. The summed E-state index contributed by atoms with van der Waals surface area (Å²) >= 11 is 0. The van der Waals surface area contributed by atoms with Crippen molar-refractivity contribution in [3.8, 4) is 0 Å². The van der Waals surface area contributed by atoms with Gasteiger partial charge in [-0.1, -0.05) is 17.7 Å². The van der Waals surface area contributed by atoms with Gasteiger partial charge in [0.1, 0.15) is 17.5 Å². The molecule has 3 aromatic rings. The summed E-state index contributed by atoms with van der Waals surface area (Å²) in [6.45, 7) is 1.99. The molecule has 0 radical (unpaired) electrons. The van der Waals surface area contributed by atoms with E-state index < -0.39 is 0 Å². The van der Waals surface area contributed by atoms with Crippen molar-refractivity contribution < 1.29 is 4.79 Å². The summed E-state index contributed by atoms with van der Waals surface area (Å²) in [4.78, 5) is 18.9. The van der Waals surface area contributed by atoms with E-state index in [-0.39, 0.29) is 12.1 Å². The van der Waals surface area contributed by atoms with E-state index in [1.165, 1.54) is 0 Å². The molecular formula is C17H16N4O. The molecule has 0 saturated carbocycles. The first-order chi connectivity index (χ1) is 10.6. The van der Waals surface area contributed by atoms with Gasteiger partial charge in [-0.15, -0.1) is 0 Å². The highest BCUT2D eigenvalue weighted by molar-refractivity contribution is 6.01. The number of pyridine rings is 1. The Labute approximate surface area is 128 Å². The molecule has 4 rings (SSSR count). The molecule has 1 N–H and O–H groups in total.